The van der Waals surface area contributed by atoms with Gasteiger partial charge in [0.2, 0.25) is 5.95 Å². The first-order chi connectivity index (χ1) is 9.42. The van der Waals surface area contributed by atoms with E-state index in [1.807, 2.05) is 24.4 Å². The van der Waals surface area contributed by atoms with E-state index in [1.54, 1.807) is 0 Å². The molecule has 1 N–H and O–H groups in total. The van der Waals surface area contributed by atoms with Crippen molar-refractivity contribution < 1.29 is 0 Å². The Morgan fingerprint density at radius 3 is 2.95 bits per heavy atom. The fraction of sp³-hybridized carbons (Fsp3) is 0.357. The maximum absolute atomic E-state index is 4.41. The third-order valence-electron chi connectivity index (χ3n) is 3.03. The zero-order chi connectivity index (χ0) is 12.9. The number of hydrogen-bond donors (Lipinski definition) is 1. The Morgan fingerprint density at radius 2 is 2.16 bits per heavy atom. The summed E-state index contributed by atoms with van der Waals surface area (Å²) in [7, 11) is 0. The number of nitrogens with one attached hydrogen (secondary N) is 1. The number of hydrogen-bond acceptors (Lipinski definition) is 4. The van der Waals surface area contributed by atoms with Crippen LogP contribution in [0.4, 0.5) is 11.6 Å². The van der Waals surface area contributed by atoms with E-state index in [2.05, 4.69) is 56.7 Å². The van der Waals surface area contributed by atoms with E-state index >= 15 is 0 Å². The zero-order valence-corrected chi connectivity index (χ0v) is 12.3. The Labute approximate surface area is 122 Å². The molecule has 1 fully saturated rings. The van der Waals surface area contributed by atoms with Crippen LogP contribution in [0.3, 0.4) is 0 Å². The summed E-state index contributed by atoms with van der Waals surface area (Å²) in [5, 5.41) is 4.08. The summed E-state index contributed by atoms with van der Waals surface area (Å²) in [6.07, 6.45) is 3.93. The van der Waals surface area contributed by atoms with Crippen molar-refractivity contribution in [2.75, 3.05) is 22.6 Å². The van der Waals surface area contributed by atoms with Crippen LogP contribution in [0.15, 0.2) is 42.7 Å². The summed E-state index contributed by atoms with van der Waals surface area (Å²) in [4.78, 5) is 4.41. The number of aromatic nitrogens is 2. The Bertz CT molecular complexity index is 506. The van der Waals surface area contributed by atoms with E-state index in [-0.39, 0.29) is 0 Å². The number of benzene rings is 1. The maximum Gasteiger partial charge on any atom is 0.207 e. The number of anilines is 2. The molecule has 100 valence electrons. The number of thioether (sulfide) groups is 2. The molecule has 1 aromatic heterocycles. The average molecular weight is 291 g/mol. The van der Waals surface area contributed by atoms with Crippen molar-refractivity contribution in [2.24, 2.45) is 0 Å². The topological polar surface area (TPSA) is 29.9 Å². The molecule has 1 unspecified atom stereocenters. The molecule has 3 rings (SSSR count). The monoisotopic (exact) mass is 291 g/mol. The number of imidazole rings is 1. The minimum absolute atomic E-state index is 0.698. The van der Waals surface area contributed by atoms with Gasteiger partial charge in [-0.3, -0.25) is 0 Å². The van der Waals surface area contributed by atoms with Gasteiger partial charge in [-0.2, -0.15) is 23.5 Å². The predicted molar refractivity (Wildman–Crippen MR) is 85.5 cm³/mol. The second-order valence-electron chi connectivity index (χ2n) is 4.46. The third-order valence-corrected chi connectivity index (χ3v) is 5.86. The quantitative estimate of drug-likeness (QED) is 0.934. The van der Waals surface area contributed by atoms with Crippen LogP contribution in [0, 0.1) is 0 Å². The SMILES string of the molecule is c1ccc(Nc2nccn2CC2CSCCS2)cc1. The van der Waals surface area contributed by atoms with Crippen molar-refractivity contribution >= 4 is 35.2 Å². The fourth-order valence-corrected chi connectivity index (χ4v) is 4.76. The third kappa shape index (κ3) is 3.48. The number of para-hydroxylation sites is 1. The molecule has 1 aliphatic heterocycles. The van der Waals surface area contributed by atoms with Gasteiger partial charge < -0.3 is 9.88 Å². The van der Waals surface area contributed by atoms with Crippen LogP contribution >= 0.6 is 23.5 Å². The van der Waals surface area contributed by atoms with E-state index in [4.69, 9.17) is 0 Å². The summed E-state index contributed by atoms with van der Waals surface area (Å²) in [5.74, 6) is 4.74. The molecule has 0 bridgehead atoms. The van der Waals surface area contributed by atoms with Gasteiger partial charge in [-0.25, -0.2) is 4.98 Å². The summed E-state index contributed by atoms with van der Waals surface area (Å²) in [6.45, 7) is 1.03. The molecule has 3 nitrogen and oxygen atoms in total. The van der Waals surface area contributed by atoms with E-state index in [1.165, 1.54) is 17.3 Å². The molecule has 0 saturated carbocycles. The molecule has 0 radical (unpaired) electrons. The zero-order valence-electron chi connectivity index (χ0n) is 10.7. The highest BCUT2D eigenvalue weighted by Gasteiger charge is 2.16. The van der Waals surface area contributed by atoms with Crippen molar-refractivity contribution in [1.29, 1.82) is 0 Å². The maximum atomic E-state index is 4.41. The largest absolute Gasteiger partial charge is 0.326 e. The molecule has 2 aromatic rings. The molecule has 1 saturated heterocycles. The van der Waals surface area contributed by atoms with Crippen molar-refractivity contribution in [3.05, 3.63) is 42.7 Å². The van der Waals surface area contributed by atoms with Gasteiger partial charge in [0.25, 0.3) is 0 Å². The van der Waals surface area contributed by atoms with Crippen molar-refractivity contribution in [3.8, 4) is 0 Å². The lowest BCUT2D eigenvalue weighted by atomic mass is 10.3. The van der Waals surface area contributed by atoms with E-state index in [9.17, 15) is 0 Å². The molecule has 5 heteroatoms. The molecule has 2 heterocycles. The van der Waals surface area contributed by atoms with Gasteiger partial charge in [0.1, 0.15) is 0 Å². The summed E-state index contributed by atoms with van der Waals surface area (Å²) < 4.78 is 2.22. The lowest BCUT2D eigenvalue weighted by Crippen LogP contribution is -2.20. The molecular formula is C14H17N3S2. The standard InChI is InChI=1S/C14H17N3S2/c1-2-4-12(5-3-1)16-14-15-6-7-17(14)10-13-11-18-8-9-19-13/h1-7,13H,8-11H2,(H,15,16). The molecule has 1 aliphatic rings. The van der Waals surface area contributed by atoms with Gasteiger partial charge in [-0.15, -0.1) is 0 Å². The Balaban J connectivity index is 1.68. The van der Waals surface area contributed by atoms with Crippen molar-refractivity contribution in [1.82, 2.24) is 9.55 Å². The minimum Gasteiger partial charge on any atom is -0.326 e. The fourth-order valence-electron chi connectivity index (χ4n) is 2.09. The average Bonchev–Trinajstić information content (AvgIpc) is 2.88. The molecule has 0 amide bonds. The second-order valence-corrected chi connectivity index (χ2v) is 7.02. The molecule has 0 spiro atoms. The first-order valence-corrected chi connectivity index (χ1v) is 8.65. The molecule has 0 aliphatic carbocycles. The summed E-state index contributed by atoms with van der Waals surface area (Å²) in [6, 6.07) is 10.2. The van der Waals surface area contributed by atoms with Crippen molar-refractivity contribution in [2.45, 2.75) is 11.8 Å². The summed E-state index contributed by atoms with van der Waals surface area (Å²) >= 11 is 4.14. The molecule has 1 atom stereocenters. The van der Waals surface area contributed by atoms with Crippen LogP contribution in [0.1, 0.15) is 0 Å². The highest BCUT2D eigenvalue weighted by molar-refractivity contribution is 8.06. The normalized spacial score (nSPS) is 19.3. The van der Waals surface area contributed by atoms with Gasteiger partial charge in [-0.05, 0) is 12.1 Å². The minimum atomic E-state index is 0.698. The Hall–Kier alpha value is -1.07. The van der Waals surface area contributed by atoms with Crippen LogP contribution in [-0.4, -0.2) is 32.1 Å². The van der Waals surface area contributed by atoms with E-state index in [0.29, 0.717) is 5.25 Å². The first kappa shape index (κ1) is 12.9. The van der Waals surface area contributed by atoms with Crippen LogP contribution in [0.5, 0.6) is 0 Å². The lowest BCUT2D eigenvalue weighted by molar-refractivity contribution is 0.703. The number of rotatable bonds is 4. The Kier molecular flexibility index (Phi) is 4.35. The van der Waals surface area contributed by atoms with Crippen LogP contribution in [0.2, 0.25) is 0 Å². The van der Waals surface area contributed by atoms with Crippen LogP contribution < -0.4 is 5.32 Å². The Morgan fingerprint density at radius 1 is 1.26 bits per heavy atom. The van der Waals surface area contributed by atoms with Crippen LogP contribution in [-0.2, 0) is 6.54 Å². The molecule has 1 aromatic carbocycles. The van der Waals surface area contributed by atoms with Gasteiger partial charge in [0.15, 0.2) is 0 Å². The van der Waals surface area contributed by atoms with E-state index in [0.717, 1.165) is 18.2 Å². The lowest BCUT2D eigenvalue weighted by Gasteiger charge is -2.22. The van der Waals surface area contributed by atoms with Gasteiger partial charge >= 0.3 is 0 Å². The summed E-state index contributed by atoms with van der Waals surface area (Å²) in [5.41, 5.74) is 1.08. The highest BCUT2D eigenvalue weighted by Crippen LogP contribution is 2.26. The first-order valence-electron chi connectivity index (χ1n) is 6.44. The van der Waals surface area contributed by atoms with Crippen molar-refractivity contribution in [3.63, 3.8) is 0 Å². The second kappa shape index (κ2) is 6.39. The van der Waals surface area contributed by atoms with Gasteiger partial charge in [0, 0.05) is 47.1 Å². The highest BCUT2D eigenvalue weighted by atomic mass is 32.2. The predicted octanol–water partition coefficient (Wildman–Crippen LogP) is 3.48. The van der Waals surface area contributed by atoms with Crippen LogP contribution in [0.25, 0.3) is 0 Å². The smallest absolute Gasteiger partial charge is 0.207 e. The molecule has 19 heavy (non-hydrogen) atoms. The van der Waals surface area contributed by atoms with E-state index < -0.39 is 0 Å². The van der Waals surface area contributed by atoms with Gasteiger partial charge in [-0.1, -0.05) is 18.2 Å². The number of nitrogens with zero attached hydrogens (tertiary/aromatic N) is 2. The molecular weight excluding hydrogens is 274 g/mol. The van der Waals surface area contributed by atoms with Gasteiger partial charge in [0.05, 0.1) is 0 Å².